The minimum Gasteiger partial charge on any atom is -0.479 e. The zero-order valence-electron chi connectivity index (χ0n) is 11.2. The van der Waals surface area contributed by atoms with Gasteiger partial charge in [0.2, 0.25) is 5.88 Å². The second-order valence-electron chi connectivity index (χ2n) is 4.53. The minimum absolute atomic E-state index is 0.198. The number of β-amino-alcohol motifs (C(OH)–C–C–N with tert-alkyl or cyclic N) is 1. The average molecular weight is 267 g/mol. The molecule has 1 aliphatic rings. The Labute approximate surface area is 113 Å². The molecule has 19 heavy (non-hydrogen) atoms. The first-order valence-corrected chi connectivity index (χ1v) is 6.49. The molecule has 0 saturated carbocycles. The molecular formula is C12H21N5O2. The maximum absolute atomic E-state index is 8.99. The Bertz CT molecular complexity index is 415. The fraction of sp³-hybridized carbons (Fsp3) is 0.667. The first-order chi connectivity index (χ1) is 9.26. The Morgan fingerprint density at radius 3 is 2.89 bits per heavy atom. The molecule has 0 spiro atoms. The van der Waals surface area contributed by atoms with Crippen LogP contribution in [0.4, 0.5) is 11.5 Å². The standard InChI is InChI=1S/C12H21N5O2/c1-19-12-10(13)11(14-9-15-12)17-4-2-3-16(5-6-17)7-8-18/h9,18H,2-8,13H2,1H3. The second-order valence-corrected chi connectivity index (χ2v) is 4.53. The Kier molecular flexibility index (Phi) is 4.75. The molecule has 1 saturated heterocycles. The van der Waals surface area contributed by atoms with Crippen molar-refractivity contribution in [1.82, 2.24) is 14.9 Å². The van der Waals surface area contributed by atoms with Gasteiger partial charge >= 0.3 is 0 Å². The van der Waals surface area contributed by atoms with E-state index in [9.17, 15) is 0 Å². The maximum atomic E-state index is 8.99. The van der Waals surface area contributed by atoms with Crippen LogP contribution in [0.15, 0.2) is 6.33 Å². The molecule has 0 aliphatic carbocycles. The lowest BCUT2D eigenvalue weighted by Crippen LogP contribution is -2.33. The number of aromatic nitrogens is 2. The predicted molar refractivity (Wildman–Crippen MR) is 73.4 cm³/mol. The first kappa shape index (κ1) is 13.8. The topological polar surface area (TPSA) is 87.7 Å². The van der Waals surface area contributed by atoms with E-state index in [1.54, 1.807) is 7.11 Å². The van der Waals surface area contributed by atoms with Crippen LogP contribution in [0.2, 0.25) is 0 Å². The van der Waals surface area contributed by atoms with Gasteiger partial charge in [0.25, 0.3) is 0 Å². The van der Waals surface area contributed by atoms with Crippen LogP contribution in [0.5, 0.6) is 5.88 Å². The monoisotopic (exact) mass is 267 g/mol. The number of anilines is 2. The Morgan fingerprint density at radius 1 is 1.32 bits per heavy atom. The number of methoxy groups -OCH3 is 1. The molecule has 106 valence electrons. The van der Waals surface area contributed by atoms with Gasteiger partial charge < -0.3 is 20.5 Å². The number of rotatable bonds is 4. The number of aliphatic hydroxyl groups is 1. The summed E-state index contributed by atoms with van der Waals surface area (Å²) < 4.78 is 5.12. The molecule has 7 nitrogen and oxygen atoms in total. The molecule has 0 amide bonds. The van der Waals surface area contributed by atoms with Gasteiger partial charge in [0.1, 0.15) is 12.0 Å². The Morgan fingerprint density at radius 2 is 2.16 bits per heavy atom. The zero-order valence-corrected chi connectivity index (χ0v) is 11.2. The number of nitrogen functional groups attached to an aromatic ring is 1. The van der Waals surface area contributed by atoms with E-state index in [-0.39, 0.29) is 6.61 Å². The van der Waals surface area contributed by atoms with Crippen LogP contribution in [-0.4, -0.2) is 66.4 Å². The third-order valence-corrected chi connectivity index (χ3v) is 3.32. The van der Waals surface area contributed by atoms with Gasteiger partial charge in [-0.1, -0.05) is 0 Å². The van der Waals surface area contributed by atoms with E-state index in [4.69, 9.17) is 15.6 Å². The van der Waals surface area contributed by atoms with Crippen LogP contribution in [0.1, 0.15) is 6.42 Å². The van der Waals surface area contributed by atoms with Crippen LogP contribution in [0, 0.1) is 0 Å². The van der Waals surface area contributed by atoms with Crippen molar-refractivity contribution in [2.24, 2.45) is 0 Å². The van der Waals surface area contributed by atoms with Gasteiger partial charge in [-0.05, 0) is 13.0 Å². The number of nitrogens with two attached hydrogens (primary N) is 1. The summed E-state index contributed by atoms with van der Waals surface area (Å²) in [4.78, 5) is 12.7. The normalized spacial score (nSPS) is 17.3. The van der Waals surface area contributed by atoms with Crippen molar-refractivity contribution >= 4 is 11.5 Å². The third kappa shape index (κ3) is 3.24. The van der Waals surface area contributed by atoms with Gasteiger partial charge in [-0.3, -0.25) is 4.90 Å². The van der Waals surface area contributed by atoms with Gasteiger partial charge in [0.15, 0.2) is 5.82 Å². The third-order valence-electron chi connectivity index (χ3n) is 3.32. The predicted octanol–water partition coefficient (Wildman–Crippen LogP) is -0.428. The molecule has 0 atom stereocenters. The molecule has 0 radical (unpaired) electrons. The van der Waals surface area contributed by atoms with Crippen molar-refractivity contribution in [2.45, 2.75) is 6.42 Å². The number of aliphatic hydroxyl groups excluding tert-OH is 1. The van der Waals surface area contributed by atoms with Crippen molar-refractivity contribution in [3.8, 4) is 5.88 Å². The summed E-state index contributed by atoms with van der Waals surface area (Å²) in [6, 6.07) is 0. The molecule has 0 unspecified atom stereocenters. The van der Waals surface area contributed by atoms with E-state index in [0.717, 1.165) is 45.0 Å². The van der Waals surface area contributed by atoms with Crippen LogP contribution < -0.4 is 15.4 Å². The van der Waals surface area contributed by atoms with E-state index < -0.39 is 0 Å². The van der Waals surface area contributed by atoms with Gasteiger partial charge in [0.05, 0.1) is 13.7 Å². The van der Waals surface area contributed by atoms with Crippen molar-refractivity contribution < 1.29 is 9.84 Å². The molecule has 1 fully saturated rings. The number of hydrogen-bond donors (Lipinski definition) is 2. The maximum Gasteiger partial charge on any atom is 0.242 e. The molecule has 0 bridgehead atoms. The molecule has 2 rings (SSSR count). The smallest absolute Gasteiger partial charge is 0.242 e. The fourth-order valence-electron chi connectivity index (χ4n) is 2.33. The Balaban J connectivity index is 2.10. The summed E-state index contributed by atoms with van der Waals surface area (Å²) in [7, 11) is 1.55. The second kappa shape index (κ2) is 6.53. The summed E-state index contributed by atoms with van der Waals surface area (Å²) in [5.74, 6) is 1.15. The quantitative estimate of drug-likeness (QED) is 0.765. The minimum atomic E-state index is 0.198. The fourth-order valence-corrected chi connectivity index (χ4v) is 2.33. The van der Waals surface area contributed by atoms with Crippen molar-refractivity contribution in [1.29, 1.82) is 0 Å². The molecular weight excluding hydrogens is 246 g/mol. The Hall–Kier alpha value is -1.60. The summed E-state index contributed by atoms with van der Waals surface area (Å²) in [6.07, 6.45) is 2.49. The summed E-state index contributed by atoms with van der Waals surface area (Å²) in [5.41, 5.74) is 6.51. The summed E-state index contributed by atoms with van der Waals surface area (Å²) >= 11 is 0. The largest absolute Gasteiger partial charge is 0.479 e. The van der Waals surface area contributed by atoms with Crippen molar-refractivity contribution in [3.63, 3.8) is 0 Å². The van der Waals surface area contributed by atoms with Crippen molar-refractivity contribution in [2.75, 3.05) is 57.1 Å². The van der Waals surface area contributed by atoms with Crippen LogP contribution in [0.25, 0.3) is 0 Å². The highest BCUT2D eigenvalue weighted by atomic mass is 16.5. The van der Waals surface area contributed by atoms with Gasteiger partial charge in [0, 0.05) is 26.2 Å². The van der Waals surface area contributed by atoms with Gasteiger partial charge in [-0.25, -0.2) is 4.98 Å². The molecule has 7 heteroatoms. The molecule has 2 heterocycles. The van der Waals surface area contributed by atoms with Gasteiger partial charge in [-0.2, -0.15) is 4.98 Å². The first-order valence-electron chi connectivity index (χ1n) is 6.49. The van der Waals surface area contributed by atoms with Crippen LogP contribution in [0.3, 0.4) is 0 Å². The molecule has 1 aromatic rings. The van der Waals surface area contributed by atoms with E-state index >= 15 is 0 Å². The van der Waals surface area contributed by atoms with Crippen LogP contribution >= 0.6 is 0 Å². The van der Waals surface area contributed by atoms with E-state index in [2.05, 4.69) is 19.8 Å². The lowest BCUT2D eigenvalue weighted by Gasteiger charge is -2.23. The molecule has 0 aromatic carbocycles. The SMILES string of the molecule is COc1ncnc(N2CCCN(CCO)CC2)c1N. The van der Waals surface area contributed by atoms with E-state index in [1.165, 1.54) is 6.33 Å². The summed E-state index contributed by atoms with van der Waals surface area (Å²) in [6.45, 7) is 4.53. The molecule has 3 N–H and O–H groups in total. The molecule has 1 aromatic heterocycles. The number of hydrogen-bond acceptors (Lipinski definition) is 7. The molecule has 1 aliphatic heterocycles. The van der Waals surface area contributed by atoms with E-state index in [1.807, 2.05) is 0 Å². The lowest BCUT2D eigenvalue weighted by molar-refractivity contribution is 0.204. The number of nitrogens with zero attached hydrogens (tertiary/aromatic N) is 4. The summed E-state index contributed by atoms with van der Waals surface area (Å²) in [5, 5.41) is 8.99. The van der Waals surface area contributed by atoms with Gasteiger partial charge in [-0.15, -0.1) is 0 Å². The van der Waals surface area contributed by atoms with Crippen molar-refractivity contribution in [3.05, 3.63) is 6.33 Å². The van der Waals surface area contributed by atoms with Crippen LogP contribution in [-0.2, 0) is 0 Å². The zero-order chi connectivity index (χ0) is 13.7. The van der Waals surface area contributed by atoms with E-state index in [0.29, 0.717) is 11.6 Å². The lowest BCUT2D eigenvalue weighted by atomic mass is 10.3. The highest BCUT2D eigenvalue weighted by molar-refractivity contribution is 5.67. The highest BCUT2D eigenvalue weighted by Crippen LogP contribution is 2.27. The number of ether oxygens (including phenoxy) is 1. The average Bonchev–Trinajstić information content (AvgIpc) is 2.65. The highest BCUT2D eigenvalue weighted by Gasteiger charge is 2.19.